The molecule has 2 aromatic heterocycles. The monoisotopic (exact) mass is 313 g/mol. The molecule has 23 heavy (non-hydrogen) atoms. The van der Waals surface area contributed by atoms with Crippen molar-refractivity contribution in [1.29, 1.82) is 0 Å². The number of rotatable bonds is 4. The van der Waals surface area contributed by atoms with Crippen LogP contribution in [0.25, 0.3) is 11.0 Å². The number of hydrogen-bond acceptors (Lipinski definition) is 5. The number of ether oxygens (including phenoxy) is 1. The summed E-state index contributed by atoms with van der Waals surface area (Å²) in [5.74, 6) is 0.0463. The number of halogens is 1. The van der Waals surface area contributed by atoms with Gasteiger partial charge in [-0.3, -0.25) is 4.98 Å². The van der Waals surface area contributed by atoms with E-state index in [0.29, 0.717) is 33.7 Å². The fraction of sp³-hybridized carbons (Fsp3) is 0.176. The van der Waals surface area contributed by atoms with Gasteiger partial charge in [0.2, 0.25) is 5.88 Å². The van der Waals surface area contributed by atoms with Gasteiger partial charge in [0.1, 0.15) is 11.3 Å². The summed E-state index contributed by atoms with van der Waals surface area (Å²) >= 11 is 0. The Morgan fingerprint density at radius 1 is 1.22 bits per heavy atom. The molecule has 0 fully saturated rings. The van der Waals surface area contributed by atoms with Crippen LogP contribution in [0.15, 0.2) is 36.5 Å². The topological polar surface area (TPSA) is 67.3 Å². The molecule has 0 radical (unpaired) electrons. The SMILES string of the molecule is COc1ccc2nccc(Nc3c(CO)ccc(C)c3F)c2n1. The van der Waals surface area contributed by atoms with Crippen molar-refractivity contribution in [3.8, 4) is 5.88 Å². The zero-order valence-corrected chi connectivity index (χ0v) is 12.8. The van der Waals surface area contributed by atoms with Gasteiger partial charge in [0.05, 0.1) is 30.6 Å². The van der Waals surface area contributed by atoms with Gasteiger partial charge in [-0.05, 0) is 24.6 Å². The number of hydrogen-bond donors (Lipinski definition) is 2. The lowest BCUT2D eigenvalue weighted by molar-refractivity contribution is 0.282. The number of aliphatic hydroxyl groups excluding tert-OH is 1. The number of methoxy groups -OCH3 is 1. The quantitative estimate of drug-likeness (QED) is 0.773. The fourth-order valence-electron chi connectivity index (χ4n) is 2.34. The van der Waals surface area contributed by atoms with Crippen LogP contribution in [0.1, 0.15) is 11.1 Å². The van der Waals surface area contributed by atoms with E-state index >= 15 is 0 Å². The maximum absolute atomic E-state index is 14.4. The third-order valence-corrected chi connectivity index (χ3v) is 3.62. The minimum Gasteiger partial charge on any atom is -0.481 e. The molecular formula is C17H16FN3O2. The molecule has 0 saturated carbocycles. The van der Waals surface area contributed by atoms with Gasteiger partial charge in [-0.1, -0.05) is 12.1 Å². The minimum absolute atomic E-state index is 0.240. The lowest BCUT2D eigenvalue weighted by Gasteiger charge is -2.14. The number of aryl methyl sites for hydroxylation is 1. The van der Waals surface area contributed by atoms with E-state index in [0.717, 1.165) is 0 Å². The van der Waals surface area contributed by atoms with Crippen LogP contribution in [0.4, 0.5) is 15.8 Å². The fourth-order valence-corrected chi connectivity index (χ4v) is 2.34. The molecule has 2 N–H and O–H groups in total. The van der Waals surface area contributed by atoms with Crippen LogP contribution >= 0.6 is 0 Å². The number of fused-ring (bicyclic) bond motifs is 1. The molecule has 6 heteroatoms. The summed E-state index contributed by atoms with van der Waals surface area (Å²) in [5.41, 5.74) is 3.03. The molecule has 0 aliphatic rings. The van der Waals surface area contributed by atoms with Crippen LogP contribution in [0.5, 0.6) is 5.88 Å². The van der Waals surface area contributed by atoms with Gasteiger partial charge in [-0.15, -0.1) is 0 Å². The molecule has 3 aromatic rings. The molecule has 5 nitrogen and oxygen atoms in total. The Bertz CT molecular complexity index is 868. The number of aromatic nitrogens is 2. The summed E-state index contributed by atoms with van der Waals surface area (Å²) in [7, 11) is 1.53. The molecule has 2 heterocycles. The number of benzene rings is 1. The molecule has 0 bridgehead atoms. The average molecular weight is 313 g/mol. The van der Waals surface area contributed by atoms with E-state index < -0.39 is 5.82 Å². The van der Waals surface area contributed by atoms with Gasteiger partial charge in [-0.2, -0.15) is 0 Å². The van der Waals surface area contributed by atoms with E-state index in [1.165, 1.54) is 7.11 Å². The molecule has 118 valence electrons. The first-order valence-corrected chi connectivity index (χ1v) is 7.09. The van der Waals surface area contributed by atoms with Crippen LogP contribution in [0.3, 0.4) is 0 Å². The van der Waals surface area contributed by atoms with E-state index in [1.54, 1.807) is 43.5 Å². The highest BCUT2D eigenvalue weighted by Gasteiger charge is 2.13. The zero-order chi connectivity index (χ0) is 16.4. The van der Waals surface area contributed by atoms with Gasteiger partial charge in [0.25, 0.3) is 0 Å². The maximum atomic E-state index is 14.4. The first-order chi connectivity index (χ1) is 11.1. The molecule has 0 saturated heterocycles. The second kappa shape index (κ2) is 6.18. The first kappa shape index (κ1) is 15.2. The van der Waals surface area contributed by atoms with E-state index in [-0.39, 0.29) is 12.3 Å². The van der Waals surface area contributed by atoms with Crippen LogP contribution in [0.2, 0.25) is 0 Å². The molecular weight excluding hydrogens is 297 g/mol. The molecule has 0 aliphatic carbocycles. The number of pyridine rings is 2. The number of nitrogens with one attached hydrogen (secondary N) is 1. The van der Waals surface area contributed by atoms with Crippen molar-refractivity contribution in [2.45, 2.75) is 13.5 Å². The Morgan fingerprint density at radius 3 is 2.78 bits per heavy atom. The summed E-state index contributed by atoms with van der Waals surface area (Å²) < 4.78 is 19.6. The van der Waals surface area contributed by atoms with Crippen LogP contribution in [-0.4, -0.2) is 22.2 Å². The third kappa shape index (κ3) is 2.80. The second-order valence-electron chi connectivity index (χ2n) is 5.09. The van der Waals surface area contributed by atoms with Gasteiger partial charge < -0.3 is 15.2 Å². The molecule has 0 amide bonds. The third-order valence-electron chi connectivity index (χ3n) is 3.62. The van der Waals surface area contributed by atoms with Gasteiger partial charge >= 0.3 is 0 Å². The standard InChI is InChI=1S/C17H16FN3O2/c1-10-3-4-11(9-22)16(15(10)18)20-13-7-8-19-12-5-6-14(23-2)21-17(12)13/h3-8,22H,9H2,1-2H3,(H,19,20). The normalized spacial score (nSPS) is 10.8. The van der Waals surface area contributed by atoms with Crippen LogP contribution in [0, 0.1) is 12.7 Å². The summed E-state index contributed by atoms with van der Waals surface area (Å²) in [6.07, 6.45) is 1.62. The minimum atomic E-state index is -0.399. The van der Waals surface area contributed by atoms with E-state index in [4.69, 9.17) is 4.74 Å². The predicted octanol–water partition coefficient (Wildman–Crippen LogP) is 3.32. The molecule has 1 aromatic carbocycles. The highest BCUT2D eigenvalue weighted by Crippen LogP contribution is 2.30. The van der Waals surface area contributed by atoms with Crippen LogP contribution < -0.4 is 10.1 Å². The van der Waals surface area contributed by atoms with E-state index in [9.17, 15) is 9.50 Å². The van der Waals surface area contributed by atoms with Crippen molar-refractivity contribution in [3.63, 3.8) is 0 Å². The highest BCUT2D eigenvalue weighted by molar-refractivity contribution is 5.90. The summed E-state index contributed by atoms with van der Waals surface area (Å²) in [5, 5.41) is 12.5. The zero-order valence-electron chi connectivity index (χ0n) is 12.8. The van der Waals surface area contributed by atoms with Gasteiger partial charge in [-0.25, -0.2) is 9.37 Å². The van der Waals surface area contributed by atoms with Crippen molar-refractivity contribution < 1.29 is 14.2 Å². The van der Waals surface area contributed by atoms with Crippen molar-refractivity contribution in [2.24, 2.45) is 0 Å². The molecule has 3 rings (SSSR count). The Morgan fingerprint density at radius 2 is 2.04 bits per heavy atom. The smallest absolute Gasteiger partial charge is 0.213 e. The number of anilines is 2. The predicted molar refractivity (Wildman–Crippen MR) is 86.4 cm³/mol. The Hall–Kier alpha value is -2.73. The van der Waals surface area contributed by atoms with Crippen molar-refractivity contribution >= 4 is 22.4 Å². The first-order valence-electron chi connectivity index (χ1n) is 7.09. The molecule has 0 aliphatic heterocycles. The molecule has 0 atom stereocenters. The summed E-state index contributed by atoms with van der Waals surface area (Å²) in [6, 6.07) is 8.53. The van der Waals surface area contributed by atoms with Crippen LogP contribution in [-0.2, 0) is 6.61 Å². The maximum Gasteiger partial charge on any atom is 0.213 e. The summed E-state index contributed by atoms with van der Waals surface area (Å²) in [6.45, 7) is 1.41. The van der Waals surface area contributed by atoms with E-state index in [1.807, 2.05) is 0 Å². The average Bonchev–Trinajstić information content (AvgIpc) is 2.59. The Kier molecular flexibility index (Phi) is 4.08. The summed E-state index contributed by atoms with van der Waals surface area (Å²) in [4.78, 5) is 8.61. The Balaban J connectivity index is 2.14. The van der Waals surface area contributed by atoms with Crippen molar-refractivity contribution in [1.82, 2.24) is 9.97 Å². The van der Waals surface area contributed by atoms with Gasteiger partial charge in [0, 0.05) is 17.8 Å². The van der Waals surface area contributed by atoms with E-state index in [2.05, 4.69) is 15.3 Å². The van der Waals surface area contributed by atoms with Crippen molar-refractivity contribution in [2.75, 3.05) is 12.4 Å². The Labute approximate surface area is 132 Å². The molecule has 0 unspecified atom stereocenters. The number of aliphatic hydroxyl groups is 1. The second-order valence-corrected chi connectivity index (χ2v) is 5.09. The lowest BCUT2D eigenvalue weighted by atomic mass is 10.1. The lowest BCUT2D eigenvalue weighted by Crippen LogP contribution is -2.03. The van der Waals surface area contributed by atoms with Gasteiger partial charge in [0.15, 0.2) is 0 Å². The number of nitrogens with zero attached hydrogens (tertiary/aromatic N) is 2. The highest BCUT2D eigenvalue weighted by atomic mass is 19.1. The largest absolute Gasteiger partial charge is 0.481 e. The molecule has 0 spiro atoms. The van der Waals surface area contributed by atoms with Crippen molar-refractivity contribution in [3.05, 3.63) is 53.5 Å².